The molecule has 2 aromatic rings. The molecule has 3 rings (SSSR count). The molecule has 0 spiro atoms. The Kier molecular flexibility index (Phi) is 4.43. The van der Waals surface area contributed by atoms with Crippen molar-refractivity contribution in [2.24, 2.45) is 5.92 Å². The number of furan rings is 1. The maximum absolute atomic E-state index is 12.4. The van der Waals surface area contributed by atoms with E-state index < -0.39 is 5.97 Å². The fourth-order valence-corrected chi connectivity index (χ4v) is 3.73. The Hall–Kier alpha value is -1.82. The molecule has 122 valence electrons. The third-order valence-electron chi connectivity index (χ3n) is 4.40. The van der Waals surface area contributed by atoms with Crippen LogP contribution in [0.1, 0.15) is 41.8 Å². The summed E-state index contributed by atoms with van der Waals surface area (Å²) >= 11 is 3.44. The van der Waals surface area contributed by atoms with Crippen LogP contribution >= 0.6 is 15.9 Å². The van der Waals surface area contributed by atoms with Crippen LogP contribution in [0.2, 0.25) is 0 Å². The van der Waals surface area contributed by atoms with E-state index in [1.54, 1.807) is 6.07 Å². The zero-order valence-electron chi connectivity index (χ0n) is 12.8. The van der Waals surface area contributed by atoms with Crippen LogP contribution in [0.25, 0.3) is 11.0 Å². The number of carbonyl (C=O) groups excluding carboxylic acids is 1. The molecular formula is C17H18BrNO4. The van der Waals surface area contributed by atoms with Gasteiger partial charge in [0.25, 0.3) is 5.91 Å². The fourth-order valence-electron chi connectivity index (χ4n) is 3.14. The Labute approximate surface area is 142 Å². The number of amides is 1. The van der Waals surface area contributed by atoms with E-state index in [-0.39, 0.29) is 17.9 Å². The maximum Gasteiger partial charge on any atom is 0.306 e. The van der Waals surface area contributed by atoms with Crippen molar-refractivity contribution in [2.75, 3.05) is 0 Å². The highest BCUT2D eigenvalue weighted by Gasteiger charge is 2.27. The smallest absolute Gasteiger partial charge is 0.306 e. The minimum Gasteiger partial charge on any atom is -0.481 e. The number of aliphatic carboxylic acids is 1. The Morgan fingerprint density at radius 3 is 2.57 bits per heavy atom. The highest BCUT2D eigenvalue weighted by Crippen LogP contribution is 2.28. The zero-order valence-corrected chi connectivity index (χ0v) is 14.4. The molecule has 6 heteroatoms. The van der Waals surface area contributed by atoms with Crippen LogP contribution in [0.5, 0.6) is 0 Å². The number of carboxylic acids is 1. The van der Waals surface area contributed by atoms with Gasteiger partial charge in [-0.2, -0.15) is 0 Å². The molecule has 1 saturated carbocycles. The Balaban J connectivity index is 1.69. The molecule has 0 atom stereocenters. The van der Waals surface area contributed by atoms with Gasteiger partial charge in [0, 0.05) is 15.9 Å². The lowest BCUT2D eigenvalue weighted by molar-refractivity contribution is -0.142. The van der Waals surface area contributed by atoms with E-state index in [0.29, 0.717) is 37.0 Å². The summed E-state index contributed by atoms with van der Waals surface area (Å²) in [5.74, 6) is -0.973. The molecule has 5 nitrogen and oxygen atoms in total. The van der Waals surface area contributed by atoms with Gasteiger partial charge in [0.1, 0.15) is 5.58 Å². The van der Waals surface area contributed by atoms with Gasteiger partial charge in [0.2, 0.25) is 0 Å². The predicted octanol–water partition coefficient (Wildman–Crippen LogP) is 3.88. The maximum atomic E-state index is 12.4. The first-order valence-electron chi connectivity index (χ1n) is 7.67. The molecule has 0 unspecified atom stereocenters. The summed E-state index contributed by atoms with van der Waals surface area (Å²) in [5, 5.41) is 12.8. The van der Waals surface area contributed by atoms with Crippen molar-refractivity contribution in [3.8, 4) is 0 Å². The monoisotopic (exact) mass is 379 g/mol. The Morgan fingerprint density at radius 1 is 1.22 bits per heavy atom. The number of rotatable bonds is 3. The largest absolute Gasteiger partial charge is 0.481 e. The normalized spacial score (nSPS) is 21.3. The van der Waals surface area contributed by atoms with Crippen LogP contribution in [0.3, 0.4) is 0 Å². The van der Waals surface area contributed by atoms with E-state index in [1.165, 1.54) is 0 Å². The summed E-state index contributed by atoms with van der Waals surface area (Å²) < 4.78 is 6.64. The van der Waals surface area contributed by atoms with Crippen LogP contribution < -0.4 is 5.32 Å². The molecule has 1 aromatic heterocycles. The van der Waals surface area contributed by atoms with E-state index >= 15 is 0 Å². The number of benzene rings is 1. The molecule has 1 aromatic carbocycles. The number of aryl methyl sites for hydroxylation is 1. The van der Waals surface area contributed by atoms with Crippen LogP contribution in [-0.4, -0.2) is 23.0 Å². The molecule has 0 bridgehead atoms. The van der Waals surface area contributed by atoms with Crippen LogP contribution in [0, 0.1) is 12.8 Å². The predicted molar refractivity (Wildman–Crippen MR) is 89.5 cm³/mol. The summed E-state index contributed by atoms with van der Waals surface area (Å²) in [6.07, 6.45) is 2.58. The van der Waals surface area contributed by atoms with Gasteiger partial charge in [-0.15, -0.1) is 0 Å². The Bertz CT molecular complexity index is 759. The van der Waals surface area contributed by atoms with Crippen molar-refractivity contribution in [3.63, 3.8) is 0 Å². The SMILES string of the molecule is Cc1cc(Br)cc2cc(C(=O)NC3CCC(C(=O)O)CC3)oc12. The number of nitrogens with one attached hydrogen (secondary N) is 1. The summed E-state index contributed by atoms with van der Waals surface area (Å²) in [6, 6.07) is 5.62. The first kappa shape index (κ1) is 16.1. The molecule has 0 aliphatic heterocycles. The Morgan fingerprint density at radius 2 is 1.91 bits per heavy atom. The van der Waals surface area contributed by atoms with Gasteiger partial charge in [-0.1, -0.05) is 15.9 Å². The van der Waals surface area contributed by atoms with Crippen LogP contribution in [-0.2, 0) is 4.79 Å². The topological polar surface area (TPSA) is 79.5 Å². The standard InChI is InChI=1S/C17H18BrNO4/c1-9-6-12(18)7-11-8-14(23-15(9)11)16(20)19-13-4-2-10(3-5-13)17(21)22/h6-8,10,13H,2-5H2,1H3,(H,19,20)(H,21,22). The molecule has 0 saturated heterocycles. The molecule has 1 heterocycles. The van der Waals surface area contributed by atoms with Crippen molar-refractivity contribution >= 4 is 38.8 Å². The van der Waals surface area contributed by atoms with Gasteiger partial charge in [-0.05, 0) is 56.4 Å². The second-order valence-electron chi connectivity index (χ2n) is 6.11. The molecule has 23 heavy (non-hydrogen) atoms. The average molecular weight is 380 g/mol. The van der Waals surface area contributed by atoms with E-state index in [0.717, 1.165) is 15.4 Å². The molecule has 1 aliphatic carbocycles. The minimum absolute atomic E-state index is 0.0131. The molecule has 1 amide bonds. The third-order valence-corrected chi connectivity index (χ3v) is 4.86. The van der Waals surface area contributed by atoms with Crippen LogP contribution in [0.4, 0.5) is 0 Å². The van der Waals surface area contributed by atoms with Crippen molar-refractivity contribution in [3.05, 3.63) is 34.0 Å². The molecule has 1 aliphatic rings. The van der Waals surface area contributed by atoms with Crippen LogP contribution in [0.15, 0.2) is 27.1 Å². The number of hydrogen-bond donors (Lipinski definition) is 2. The van der Waals surface area contributed by atoms with E-state index in [2.05, 4.69) is 21.2 Å². The number of fused-ring (bicyclic) bond motifs is 1. The zero-order chi connectivity index (χ0) is 16.6. The summed E-state index contributed by atoms with van der Waals surface area (Å²) in [4.78, 5) is 23.3. The highest BCUT2D eigenvalue weighted by molar-refractivity contribution is 9.10. The quantitative estimate of drug-likeness (QED) is 0.847. The lowest BCUT2D eigenvalue weighted by Gasteiger charge is -2.26. The lowest BCUT2D eigenvalue weighted by atomic mass is 9.86. The first-order valence-corrected chi connectivity index (χ1v) is 8.46. The van der Waals surface area contributed by atoms with Crippen molar-refractivity contribution in [1.29, 1.82) is 0 Å². The highest BCUT2D eigenvalue weighted by atomic mass is 79.9. The van der Waals surface area contributed by atoms with E-state index in [1.807, 2.05) is 19.1 Å². The van der Waals surface area contributed by atoms with Crippen molar-refractivity contribution < 1.29 is 19.1 Å². The van der Waals surface area contributed by atoms with Gasteiger partial charge < -0.3 is 14.8 Å². The van der Waals surface area contributed by atoms with E-state index in [9.17, 15) is 9.59 Å². The van der Waals surface area contributed by atoms with Gasteiger partial charge in [-0.3, -0.25) is 9.59 Å². The lowest BCUT2D eigenvalue weighted by Crippen LogP contribution is -2.38. The van der Waals surface area contributed by atoms with Gasteiger partial charge in [0.05, 0.1) is 5.92 Å². The molecule has 2 N–H and O–H groups in total. The summed E-state index contributed by atoms with van der Waals surface area (Å²) in [6.45, 7) is 1.94. The van der Waals surface area contributed by atoms with Crippen molar-refractivity contribution in [1.82, 2.24) is 5.32 Å². The fraction of sp³-hybridized carbons (Fsp3) is 0.412. The second kappa shape index (κ2) is 6.35. The summed E-state index contributed by atoms with van der Waals surface area (Å²) in [5.41, 5.74) is 1.68. The van der Waals surface area contributed by atoms with Gasteiger partial charge in [0.15, 0.2) is 5.76 Å². The minimum atomic E-state index is -0.742. The molecule has 1 fully saturated rings. The third kappa shape index (κ3) is 3.42. The second-order valence-corrected chi connectivity index (χ2v) is 7.03. The number of carboxylic acid groups (broad SMARTS) is 1. The van der Waals surface area contributed by atoms with Crippen molar-refractivity contribution in [2.45, 2.75) is 38.6 Å². The average Bonchev–Trinajstić information content (AvgIpc) is 2.92. The first-order chi connectivity index (χ1) is 10.9. The summed E-state index contributed by atoms with van der Waals surface area (Å²) in [7, 11) is 0. The molecule has 0 radical (unpaired) electrons. The van der Waals surface area contributed by atoms with E-state index in [4.69, 9.17) is 9.52 Å². The van der Waals surface area contributed by atoms with Gasteiger partial charge >= 0.3 is 5.97 Å². The number of hydrogen-bond acceptors (Lipinski definition) is 3. The van der Waals surface area contributed by atoms with Gasteiger partial charge in [-0.25, -0.2) is 0 Å². The number of carbonyl (C=O) groups is 2. The number of halogens is 1. The molecular weight excluding hydrogens is 362 g/mol.